The van der Waals surface area contributed by atoms with E-state index in [0.717, 1.165) is 17.5 Å². The van der Waals surface area contributed by atoms with Gasteiger partial charge in [0.25, 0.3) is 0 Å². The number of hydrogen-bond acceptors (Lipinski definition) is 2. The summed E-state index contributed by atoms with van der Waals surface area (Å²) >= 11 is 5.88. The van der Waals surface area contributed by atoms with Crippen molar-refractivity contribution in [3.05, 3.63) is 29.3 Å². The second kappa shape index (κ2) is 3.69. The molecule has 2 aliphatic heterocycles. The predicted molar refractivity (Wildman–Crippen MR) is 63.6 cm³/mol. The van der Waals surface area contributed by atoms with Crippen molar-refractivity contribution in [2.75, 3.05) is 24.5 Å². The fourth-order valence-electron chi connectivity index (χ4n) is 2.65. The van der Waals surface area contributed by atoms with E-state index in [2.05, 4.69) is 22.3 Å². The molecule has 2 aliphatic rings. The maximum atomic E-state index is 5.88. The summed E-state index contributed by atoms with van der Waals surface area (Å²) in [5, 5.41) is 4.28. The number of nitrogens with zero attached hydrogens (tertiary/aromatic N) is 1. The fourth-order valence-corrected chi connectivity index (χ4v) is 2.78. The fraction of sp³-hybridized carbons (Fsp3) is 0.500. The van der Waals surface area contributed by atoms with Crippen LogP contribution in [0.3, 0.4) is 0 Å². The summed E-state index contributed by atoms with van der Waals surface area (Å²) in [6.07, 6.45) is 1.33. The van der Waals surface area contributed by atoms with E-state index in [0.29, 0.717) is 6.04 Å². The molecule has 2 nitrogen and oxygen atoms in total. The lowest BCUT2D eigenvalue weighted by atomic mass is 9.83. The van der Waals surface area contributed by atoms with E-state index >= 15 is 0 Å². The highest BCUT2D eigenvalue weighted by molar-refractivity contribution is 6.30. The van der Waals surface area contributed by atoms with Crippen LogP contribution in [-0.2, 0) is 0 Å². The van der Waals surface area contributed by atoms with Crippen molar-refractivity contribution < 1.29 is 0 Å². The van der Waals surface area contributed by atoms with E-state index in [1.807, 2.05) is 12.1 Å². The highest BCUT2D eigenvalue weighted by Crippen LogP contribution is 2.34. The Bertz CT molecular complexity index is 349. The highest BCUT2D eigenvalue weighted by Gasteiger charge is 2.39. The lowest BCUT2D eigenvalue weighted by Crippen LogP contribution is -2.63. The molecule has 3 rings (SSSR count). The van der Waals surface area contributed by atoms with E-state index in [-0.39, 0.29) is 0 Å². The van der Waals surface area contributed by atoms with E-state index < -0.39 is 0 Å². The van der Waals surface area contributed by atoms with Gasteiger partial charge < -0.3 is 10.2 Å². The second-order valence-electron chi connectivity index (χ2n) is 4.45. The Morgan fingerprint density at radius 1 is 1.27 bits per heavy atom. The van der Waals surface area contributed by atoms with Gasteiger partial charge in [-0.25, -0.2) is 0 Å². The molecule has 0 saturated carbocycles. The molecule has 80 valence electrons. The zero-order chi connectivity index (χ0) is 10.3. The van der Waals surface area contributed by atoms with Crippen LogP contribution in [0.15, 0.2) is 24.3 Å². The first-order valence-corrected chi connectivity index (χ1v) is 5.95. The van der Waals surface area contributed by atoms with Gasteiger partial charge in [-0.1, -0.05) is 11.6 Å². The van der Waals surface area contributed by atoms with Gasteiger partial charge in [-0.15, -0.1) is 0 Å². The molecule has 0 aromatic heterocycles. The Kier molecular flexibility index (Phi) is 2.33. The Balaban J connectivity index is 1.76. The number of benzene rings is 1. The molecule has 2 heterocycles. The Morgan fingerprint density at radius 3 is 2.80 bits per heavy atom. The third-order valence-corrected chi connectivity index (χ3v) is 3.83. The summed E-state index contributed by atoms with van der Waals surface area (Å²) in [6.45, 7) is 3.54. The van der Waals surface area contributed by atoms with Gasteiger partial charge in [0.05, 0.1) is 0 Å². The van der Waals surface area contributed by atoms with Gasteiger partial charge in [0.1, 0.15) is 0 Å². The van der Waals surface area contributed by atoms with Crippen molar-refractivity contribution >= 4 is 17.3 Å². The normalized spacial score (nSPS) is 29.5. The molecule has 1 aromatic carbocycles. The minimum Gasteiger partial charge on any atom is -0.367 e. The van der Waals surface area contributed by atoms with Crippen LogP contribution in [0.4, 0.5) is 5.69 Å². The molecule has 2 saturated heterocycles. The van der Waals surface area contributed by atoms with Crippen LogP contribution in [0.2, 0.25) is 5.02 Å². The lowest BCUT2D eigenvalue weighted by Gasteiger charge is -2.52. The van der Waals surface area contributed by atoms with Crippen molar-refractivity contribution in [1.82, 2.24) is 5.32 Å². The van der Waals surface area contributed by atoms with Gasteiger partial charge in [-0.2, -0.15) is 0 Å². The van der Waals surface area contributed by atoms with Gasteiger partial charge in [-0.3, -0.25) is 0 Å². The topological polar surface area (TPSA) is 15.3 Å². The molecule has 2 atom stereocenters. The molecule has 3 heteroatoms. The smallest absolute Gasteiger partial charge is 0.0460 e. The minimum atomic E-state index is 0.708. The summed E-state index contributed by atoms with van der Waals surface area (Å²) in [5.74, 6) is 0.905. The van der Waals surface area contributed by atoms with Crippen LogP contribution in [0.1, 0.15) is 6.42 Å². The molecule has 2 fully saturated rings. The largest absolute Gasteiger partial charge is 0.367 e. The average Bonchev–Trinajstić information content (AvgIpc) is 2.23. The van der Waals surface area contributed by atoms with E-state index in [1.54, 1.807) is 0 Å². The van der Waals surface area contributed by atoms with Gasteiger partial charge in [0.15, 0.2) is 0 Å². The van der Waals surface area contributed by atoms with E-state index in [4.69, 9.17) is 11.6 Å². The summed E-state index contributed by atoms with van der Waals surface area (Å²) in [5.41, 5.74) is 1.31. The molecular weight excluding hydrogens is 208 g/mol. The summed E-state index contributed by atoms with van der Waals surface area (Å²) in [6, 6.07) is 8.89. The standard InChI is InChI=1S/C12H15ClN2/c13-10-1-3-11(4-2-10)15-8-9-5-6-14-7-12(9)15/h1-4,9,12,14H,5-8H2. The van der Waals surface area contributed by atoms with Gasteiger partial charge in [-0.05, 0) is 43.1 Å². The summed E-state index contributed by atoms with van der Waals surface area (Å²) in [7, 11) is 0. The number of piperidine rings is 1. The molecule has 1 aromatic rings. The highest BCUT2D eigenvalue weighted by atomic mass is 35.5. The summed E-state index contributed by atoms with van der Waals surface area (Å²) < 4.78 is 0. The zero-order valence-corrected chi connectivity index (χ0v) is 9.37. The maximum Gasteiger partial charge on any atom is 0.0460 e. The first-order chi connectivity index (χ1) is 7.34. The zero-order valence-electron chi connectivity index (χ0n) is 8.62. The number of fused-ring (bicyclic) bond motifs is 1. The van der Waals surface area contributed by atoms with Crippen LogP contribution < -0.4 is 10.2 Å². The van der Waals surface area contributed by atoms with Crippen LogP contribution in [-0.4, -0.2) is 25.7 Å². The molecule has 1 N–H and O–H groups in total. The maximum absolute atomic E-state index is 5.88. The van der Waals surface area contributed by atoms with Crippen molar-refractivity contribution in [3.8, 4) is 0 Å². The first-order valence-electron chi connectivity index (χ1n) is 5.57. The van der Waals surface area contributed by atoms with Crippen LogP contribution in [0, 0.1) is 5.92 Å². The van der Waals surface area contributed by atoms with E-state index in [1.165, 1.54) is 25.2 Å². The predicted octanol–water partition coefficient (Wildman–Crippen LogP) is 2.14. The van der Waals surface area contributed by atoms with Crippen molar-refractivity contribution in [1.29, 1.82) is 0 Å². The molecule has 0 aliphatic carbocycles. The van der Waals surface area contributed by atoms with Crippen LogP contribution in [0.5, 0.6) is 0 Å². The monoisotopic (exact) mass is 222 g/mol. The summed E-state index contributed by atoms with van der Waals surface area (Å²) in [4.78, 5) is 2.48. The van der Waals surface area contributed by atoms with Crippen molar-refractivity contribution in [2.45, 2.75) is 12.5 Å². The molecule has 0 spiro atoms. The van der Waals surface area contributed by atoms with Crippen molar-refractivity contribution in [3.63, 3.8) is 0 Å². The molecule has 0 amide bonds. The van der Waals surface area contributed by atoms with Crippen LogP contribution in [0.25, 0.3) is 0 Å². The van der Waals surface area contributed by atoms with Crippen molar-refractivity contribution in [2.24, 2.45) is 5.92 Å². The first kappa shape index (κ1) is 9.49. The molecule has 2 unspecified atom stereocenters. The Labute approximate surface area is 95.2 Å². The third kappa shape index (κ3) is 1.62. The van der Waals surface area contributed by atoms with Gasteiger partial charge in [0, 0.05) is 29.8 Å². The van der Waals surface area contributed by atoms with Gasteiger partial charge in [0.2, 0.25) is 0 Å². The van der Waals surface area contributed by atoms with E-state index in [9.17, 15) is 0 Å². The molecule has 15 heavy (non-hydrogen) atoms. The van der Waals surface area contributed by atoms with Crippen LogP contribution >= 0.6 is 11.6 Å². The second-order valence-corrected chi connectivity index (χ2v) is 4.89. The van der Waals surface area contributed by atoms with Gasteiger partial charge >= 0.3 is 0 Å². The Hall–Kier alpha value is -0.730. The number of anilines is 1. The Morgan fingerprint density at radius 2 is 2.07 bits per heavy atom. The molecule has 0 radical (unpaired) electrons. The lowest BCUT2D eigenvalue weighted by molar-refractivity contribution is 0.229. The SMILES string of the molecule is Clc1ccc(N2CC3CCNCC32)cc1. The molecular formula is C12H15ClN2. The minimum absolute atomic E-state index is 0.708. The third-order valence-electron chi connectivity index (χ3n) is 3.58. The quantitative estimate of drug-likeness (QED) is 0.783. The molecule has 0 bridgehead atoms. The average molecular weight is 223 g/mol. The number of halogens is 1. The number of rotatable bonds is 1. The number of hydrogen-bond donors (Lipinski definition) is 1. The number of nitrogens with one attached hydrogen (secondary N) is 1.